The number of nitrogens with two attached hydrogens (primary N) is 1. The Morgan fingerprint density at radius 3 is 2.68 bits per heavy atom. The molecule has 0 bridgehead atoms. The number of ether oxygens (including phenoxy) is 2. The Balaban J connectivity index is 1.60. The number of piperidine rings is 1. The van der Waals surface area contributed by atoms with Crippen molar-refractivity contribution in [1.29, 1.82) is 0 Å². The first-order valence-corrected chi connectivity index (χ1v) is 11.3. The van der Waals surface area contributed by atoms with Crippen molar-refractivity contribution in [1.82, 2.24) is 14.9 Å². The van der Waals surface area contributed by atoms with Gasteiger partial charge in [0.15, 0.2) is 11.5 Å². The topological polar surface area (TPSA) is 90.6 Å². The maximum absolute atomic E-state index is 11.6. The number of rotatable bonds is 7. The lowest BCUT2D eigenvalue weighted by atomic mass is 9.99. The molecule has 166 valence electrons. The predicted octanol–water partition coefficient (Wildman–Crippen LogP) is 3.94. The van der Waals surface area contributed by atoms with E-state index in [0.29, 0.717) is 11.3 Å². The SMILES string of the molecule is COc1cccc(CN2CCCC[C@@H]2c2ncc(C(N)=O)c(C)n2)c1OC1CCCC1. The van der Waals surface area contributed by atoms with Crippen molar-refractivity contribution < 1.29 is 14.3 Å². The summed E-state index contributed by atoms with van der Waals surface area (Å²) in [5.74, 6) is 1.91. The average Bonchev–Trinajstić information content (AvgIpc) is 3.28. The van der Waals surface area contributed by atoms with E-state index in [-0.39, 0.29) is 12.1 Å². The molecule has 2 fully saturated rings. The Kier molecular flexibility index (Phi) is 6.70. The highest BCUT2D eigenvalue weighted by atomic mass is 16.5. The molecule has 1 aliphatic carbocycles. The smallest absolute Gasteiger partial charge is 0.252 e. The molecule has 4 rings (SSSR count). The van der Waals surface area contributed by atoms with Crippen LogP contribution in [0.25, 0.3) is 0 Å². The molecule has 1 saturated heterocycles. The lowest BCUT2D eigenvalue weighted by Gasteiger charge is -2.35. The van der Waals surface area contributed by atoms with E-state index in [4.69, 9.17) is 15.2 Å². The number of hydrogen-bond donors (Lipinski definition) is 1. The van der Waals surface area contributed by atoms with Crippen molar-refractivity contribution in [3.63, 3.8) is 0 Å². The second kappa shape index (κ2) is 9.64. The number of amides is 1. The number of carbonyl (C=O) groups is 1. The third-order valence-corrected chi connectivity index (χ3v) is 6.42. The standard InChI is InChI=1S/C24H32N4O3/c1-16-19(23(25)29)14-26-24(27-16)20-11-5-6-13-28(20)15-17-8-7-12-21(30-2)22(17)31-18-9-3-4-10-18/h7-8,12,14,18,20H,3-6,9-11,13,15H2,1-2H3,(H2,25,29)/t20-/m1/s1. The largest absolute Gasteiger partial charge is 0.493 e. The number of methoxy groups -OCH3 is 1. The van der Waals surface area contributed by atoms with Crippen molar-refractivity contribution in [3.8, 4) is 11.5 Å². The van der Waals surface area contributed by atoms with Gasteiger partial charge in [-0.25, -0.2) is 9.97 Å². The van der Waals surface area contributed by atoms with Crippen LogP contribution >= 0.6 is 0 Å². The summed E-state index contributed by atoms with van der Waals surface area (Å²) in [6.45, 7) is 3.52. The Morgan fingerprint density at radius 2 is 1.97 bits per heavy atom. The first-order chi connectivity index (χ1) is 15.1. The van der Waals surface area contributed by atoms with Gasteiger partial charge in [-0.1, -0.05) is 18.6 Å². The number of likely N-dealkylation sites (tertiary alicyclic amines) is 1. The molecule has 0 spiro atoms. The second-order valence-corrected chi connectivity index (χ2v) is 8.55. The zero-order valence-electron chi connectivity index (χ0n) is 18.5. The molecule has 7 nitrogen and oxygen atoms in total. The average molecular weight is 425 g/mol. The second-order valence-electron chi connectivity index (χ2n) is 8.55. The molecule has 1 aromatic carbocycles. The summed E-state index contributed by atoms with van der Waals surface area (Å²) in [6, 6.07) is 6.22. The van der Waals surface area contributed by atoms with Gasteiger partial charge in [0.2, 0.25) is 0 Å². The van der Waals surface area contributed by atoms with Gasteiger partial charge >= 0.3 is 0 Å². The van der Waals surface area contributed by atoms with Crippen LogP contribution in [0.2, 0.25) is 0 Å². The van der Waals surface area contributed by atoms with Crippen LogP contribution in [0.3, 0.4) is 0 Å². The van der Waals surface area contributed by atoms with Crippen molar-refractivity contribution in [3.05, 3.63) is 47.0 Å². The summed E-state index contributed by atoms with van der Waals surface area (Å²) in [4.78, 5) is 23.1. The van der Waals surface area contributed by atoms with Crippen molar-refractivity contribution in [2.24, 2.45) is 5.73 Å². The highest BCUT2D eigenvalue weighted by molar-refractivity contribution is 5.93. The molecule has 2 N–H and O–H groups in total. The molecule has 1 saturated carbocycles. The van der Waals surface area contributed by atoms with Gasteiger partial charge in [0.1, 0.15) is 5.82 Å². The van der Waals surface area contributed by atoms with Crippen LogP contribution in [0.1, 0.15) is 78.4 Å². The van der Waals surface area contributed by atoms with E-state index >= 15 is 0 Å². The van der Waals surface area contributed by atoms with Crippen molar-refractivity contribution in [2.45, 2.75) is 70.6 Å². The minimum Gasteiger partial charge on any atom is -0.493 e. The Morgan fingerprint density at radius 1 is 1.19 bits per heavy atom. The molecule has 0 radical (unpaired) electrons. The van der Waals surface area contributed by atoms with Gasteiger partial charge < -0.3 is 15.2 Å². The van der Waals surface area contributed by atoms with Gasteiger partial charge in [-0.2, -0.15) is 0 Å². The summed E-state index contributed by atoms with van der Waals surface area (Å²) in [5, 5.41) is 0. The molecular formula is C24H32N4O3. The quantitative estimate of drug-likeness (QED) is 0.724. The van der Waals surface area contributed by atoms with Crippen LogP contribution in [0.15, 0.2) is 24.4 Å². The normalized spacial score (nSPS) is 20.0. The van der Waals surface area contributed by atoms with Crippen LogP contribution in [-0.4, -0.2) is 40.5 Å². The lowest BCUT2D eigenvalue weighted by molar-refractivity contribution is 0.0998. The molecule has 31 heavy (non-hydrogen) atoms. The molecule has 1 aliphatic heterocycles. The maximum Gasteiger partial charge on any atom is 0.252 e. The van der Waals surface area contributed by atoms with Gasteiger partial charge in [-0.3, -0.25) is 9.69 Å². The number of aryl methyl sites for hydroxylation is 1. The van der Waals surface area contributed by atoms with E-state index in [9.17, 15) is 4.79 Å². The van der Waals surface area contributed by atoms with Crippen LogP contribution in [-0.2, 0) is 6.54 Å². The van der Waals surface area contributed by atoms with Crippen LogP contribution in [0, 0.1) is 6.92 Å². The molecule has 7 heteroatoms. The molecule has 2 aliphatic rings. The first kappa shape index (κ1) is 21.6. The van der Waals surface area contributed by atoms with Gasteiger partial charge in [0, 0.05) is 18.3 Å². The first-order valence-electron chi connectivity index (χ1n) is 11.3. The minimum atomic E-state index is -0.491. The zero-order chi connectivity index (χ0) is 21.8. The number of nitrogens with zero attached hydrogens (tertiary/aromatic N) is 3. The number of primary amides is 1. The summed E-state index contributed by atoms with van der Waals surface area (Å²) in [5.41, 5.74) is 7.57. The fraction of sp³-hybridized carbons (Fsp3) is 0.542. The summed E-state index contributed by atoms with van der Waals surface area (Å²) in [6.07, 6.45) is 9.72. The third-order valence-electron chi connectivity index (χ3n) is 6.42. The van der Waals surface area contributed by atoms with Crippen LogP contribution in [0.5, 0.6) is 11.5 Å². The summed E-state index contributed by atoms with van der Waals surface area (Å²) < 4.78 is 12.1. The van der Waals surface area contributed by atoms with Gasteiger partial charge in [0.05, 0.1) is 30.5 Å². The van der Waals surface area contributed by atoms with E-state index in [1.54, 1.807) is 13.3 Å². The Bertz CT molecular complexity index is 927. The highest BCUT2D eigenvalue weighted by Gasteiger charge is 2.29. The molecule has 1 atom stereocenters. The molecule has 2 heterocycles. The lowest BCUT2D eigenvalue weighted by Crippen LogP contribution is -2.34. The van der Waals surface area contributed by atoms with E-state index in [1.807, 2.05) is 19.1 Å². The summed E-state index contributed by atoms with van der Waals surface area (Å²) >= 11 is 0. The number of hydrogen-bond acceptors (Lipinski definition) is 6. The fourth-order valence-electron chi connectivity index (χ4n) is 4.73. The van der Waals surface area contributed by atoms with Crippen molar-refractivity contribution >= 4 is 5.91 Å². The molecule has 2 aromatic rings. The Hall–Kier alpha value is -2.67. The number of benzene rings is 1. The molecular weight excluding hydrogens is 392 g/mol. The van der Waals surface area contributed by atoms with E-state index in [0.717, 1.165) is 68.1 Å². The predicted molar refractivity (Wildman–Crippen MR) is 118 cm³/mol. The monoisotopic (exact) mass is 424 g/mol. The number of para-hydroxylation sites is 1. The van der Waals surface area contributed by atoms with Gasteiger partial charge in [0.25, 0.3) is 5.91 Å². The molecule has 1 aromatic heterocycles. The van der Waals surface area contributed by atoms with Gasteiger partial charge in [-0.05, 0) is 58.1 Å². The van der Waals surface area contributed by atoms with E-state index in [1.165, 1.54) is 12.8 Å². The van der Waals surface area contributed by atoms with E-state index in [2.05, 4.69) is 20.9 Å². The third kappa shape index (κ3) is 4.82. The van der Waals surface area contributed by atoms with E-state index < -0.39 is 5.91 Å². The molecule has 1 amide bonds. The van der Waals surface area contributed by atoms with Crippen molar-refractivity contribution in [2.75, 3.05) is 13.7 Å². The van der Waals surface area contributed by atoms with Gasteiger partial charge in [-0.15, -0.1) is 0 Å². The number of carbonyl (C=O) groups excluding carboxylic acids is 1. The van der Waals surface area contributed by atoms with Crippen LogP contribution < -0.4 is 15.2 Å². The molecule has 0 unspecified atom stereocenters. The highest BCUT2D eigenvalue weighted by Crippen LogP contribution is 2.38. The zero-order valence-corrected chi connectivity index (χ0v) is 18.5. The number of aromatic nitrogens is 2. The fourth-order valence-corrected chi connectivity index (χ4v) is 4.73. The minimum absolute atomic E-state index is 0.0971. The van der Waals surface area contributed by atoms with Crippen LogP contribution in [0.4, 0.5) is 0 Å². The summed E-state index contributed by atoms with van der Waals surface area (Å²) in [7, 11) is 1.70. The maximum atomic E-state index is 11.6. The Labute approximate surface area is 184 Å².